The van der Waals surface area contributed by atoms with Gasteiger partial charge in [-0.1, -0.05) is 20.8 Å². The van der Waals surface area contributed by atoms with Gasteiger partial charge in [-0.25, -0.2) is 0 Å². The van der Waals surface area contributed by atoms with Crippen LogP contribution in [0.5, 0.6) is 5.75 Å². The van der Waals surface area contributed by atoms with Crippen LogP contribution >= 0.6 is 0 Å². The standard InChI is InChI=1S/C21H34N2O2/c1-14-12-22-18(15(2)19(14)25-7)13-23(6)20(24)16-8-10-17(11-9-16)21(3,4)5/h12,16-17H,8-11,13H2,1-7H3. The minimum absolute atomic E-state index is 0.163. The third kappa shape index (κ3) is 4.53. The number of pyridine rings is 1. The maximum absolute atomic E-state index is 12.9. The van der Waals surface area contributed by atoms with Crippen LogP contribution in [-0.2, 0) is 11.3 Å². The molecule has 0 aromatic carbocycles. The highest BCUT2D eigenvalue weighted by Crippen LogP contribution is 2.40. The third-order valence-electron chi connectivity index (χ3n) is 5.81. The number of rotatable bonds is 4. The summed E-state index contributed by atoms with van der Waals surface area (Å²) in [4.78, 5) is 19.2. The van der Waals surface area contributed by atoms with Crippen molar-refractivity contribution in [2.45, 2.75) is 66.8 Å². The molecule has 4 nitrogen and oxygen atoms in total. The van der Waals surface area contributed by atoms with E-state index in [1.165, 1.54) is 0 Å². The van der Waals surface area contributed by atoms with E-state index in [4.69, 9.17) is 4.74 Å². The van der Waals surface area contributed by atoms with Crippen LogP contribution in [0.3, 0.4) is 0 Å². The highest BCUT2D eigenvalue weighted by atomic mass is 16.5. The average molecular weight is 347 g/mol. The Hall–Kier alpha value is -1.58. The van der Waals surface area contributed by atoms with Crippen molar-refractivity contribution in [1.82, 2.24) is 9.88 Å². The minimum Gasteiger partial charge on any atom is -0.496 e. The molecule has 1 aliphatic rings. The van der Waals surface area contributed by atoms with Crippen LogP contribution in [0.15, 0.2) is 6.20 Å². The number of nitrogens with zero attached hydrogens (tertiary/aromatic N) is 2. The highest BCUT2D eigenvalue weighted by molar-refractivity contribution is 5.78. The Balaban J connectivity index is 2.00. The molecule has 2 rings (SSSR count). The van der Waals surface area contributed by atoms with Crippen LogP contribution in [-0.4, -0.2) is 29.9 Å². The van der Waals surface area contributed by atoms with Crippen molar-refractivity contribution in [2.24, 2.45) is 17.3 Å². The van der Waals surface area contributed by atoms with E-state index in [1.807, 2.05) is 32.0 Å². The van der Waals surface area contributed by atoms with Gasteiger partial charge in [0.05, 0.1) is 19.3 Å². The van der Waals surface area contributed by atoms with Crippen molar-refractivity contribution in [2.75, 3.05) is 14.2 Å². The summed E-state index contributed by atoms with van der Waals surface area (Å²) < 4.78 is 5.47. The van der Waals surface area contributed by atoms with Gasteiger partial charge in [-0.15, -0.1) is 0 Å². The fourth-order valence-corrected chi connectivity index (χ4v) is 4.05. The van der Waals surface area contributed by atoms with Crippen molar-refractivity contribution in [3.05, 3.63) is 23.0 Å². The summed E-state index contributed by atoms with van der Waals surface area (Å²) in [6.07, 6.45) is 6.16. The van der Waals surface area contributed by atoms with Gasteiger partial charge in [0, 0.05) is 30.3 Å². The molecule has 0 spiro atoms. The molecule has 1 aromatic heterocycles. The number of methoxy groups -OCH3 is 1. The van der Waals surface area contributed by atoms with Gasteiger partial charge in [-0.05, 0) is 50.9 Å². The fraction of sp³-hybridized carbons (Fsp3) is 0.714. The van der Waals surface area contributed by atoms with E-state index < -0.39 is 0 Å². The number of hydrogen-bond acceptors (Lipinski definition) is 3. The Kier molecular flexibility index (Phi) is 6.12. The summed E-state index contributed by atoms with van der Waals surface area (Å²) in [7, 11) is 3.58. The fourth-order valence-electron chi connectivity index (χ4n) is 4.05. The molecule has 0 aliphatic heterocycles. The monoisotopic (exact) mass is 346 g/mol. The van der Waals surface area contributed by atoms with E-state index in [0.717, 1.165) is 54.2 Å². The van der Waals surface area contributed by atoms with Gasteiger partial charge in [-0.3, -0.25) is 9.78 Å². The number of hydrogen-bond donors (Lipinski definition) is 0. The first-order valence-corrected chi connectivity index (χ1v) is 9.39. The molecule has 0 radical (unpaired) electrons. The molecule has 0 saturated heterocycles. The molecule has 1 amide bonds. The molecule has 1 aromatic rings. The van der Waals surface area contributed by atoms with Crippen LogP contribution in [0.1, 0.15) is 63.3 Å². The third-order valence-corrected chi connectivity index (χ3v) is 5.81. The largest absolute Gasteiger partial charge is 0.496 e. The molecular weight excluding hydrogens is 312 g/mol. The minimum atomic E-state index is 0.163. The lowest BCUT2D eigenvalue weighted by molar-refractivity contribution is -0.136. The van der Waals surface area contributed by atoms with E-state index in [0.29, 0.717) is 12.0 Å². The van der Waals surface area contributed by atoms with E-state index in [-0.39, 0.29) is 11.8 Å². The lowest BCUT2D eigenvalue weighted by Gasteiger charge is -2.37. The average Bonchev–Trinajstić information content (AvgIpc) is 2.56. The summed E-state index contributed by atoms with van der Waals surface area (Å²) in [5.41, 5.74) is 3.32. The first-order valence-electron chi connectivity index (χ1n) is 9.39. The van der Waals surface area contributed by atoms with Crippen LogP contribution in [0, 0.1) is 31.1 Å². The first-order chi connectivity index (χ1) is 11.6. The van der Waals surface area contributed by atoms with Crippen molar-refractivity contribution >= 4 is 5.91 Å². The van der Waals surface area contributed by atoms with Gasteiger partial charge in [0.25, 0.3) is 0 Å². The molecule has 0 bridgehead atoms. The second-order valence-electron chi connectivity index (χ2n) is 8.66. The van der Waals surface area contributed by atoms with Crippen molar-refractivity contribution < 1.29 is 9.53 Å². The number of carbonyl (C=O) groups is 1. The van der Waals surface area contributed by atoms with Gasteiger partial charge in [0.15, 0.2) is 0 Å². The lowest BCUT2D eigenvalue weighted by atomic mass is 9.69. The van der Waals surface area contributed by atoms with Gasteiger partial charge >= 0.3 is 0 Å². The van der Waals surface area contributed by atoms with Crippen LogP contribution in [0.4, 0.5) is 0 Å². The Labute approximate surface area is 153 Å². The van der Waals surface area contributed by atoms with Gasteiger partial charge in [-0.2, -0.15) is 0 Å². The Morgan fingerprint density at radius 1 is 1.24 bits per heavy atom. The summed E-state index contributed by atoms with van der Waals surface area (Å²) >= 11 is 0. The molecule has 1 fully saturated rings. The predicted molar refractivity (Wildman–Crippen MR) is 102 cm³/mol. The number of carbonyl (C=O) groups excluding carboxylic acids is 1. The lowest BCUT2D eigenvalue weighted by Crippen LogP contribution is -2.36. The molecule has 0 atom stereocenters. The van der Waals surface area contributed by atoms with Crippen molar-refractivity contribution in [3.8, 4) is 5.75 Å². The zero-order chi connectivity index (χ0) is 18.8. The summed E-state index contributed by atoms with van der Waals surface area (Å²) in [5, 5.41) is 0. The Bertz CT molecular complexity index is 611. The highest BCUT2D eigenvalue weighted by Gasteiger charge is 2.33. The number of amides is 1. The van der Waals surface area contributed by atoms with Gasteiger partial charge < -0.3 is 9.64 Å². The summed E-state index contributed by atoms with van der Waals surface area (Å²) in [6, 6.07) is 0. The molecule has 1 heterocycles. The second-order valence-corrected chi connectivity index (χ2v) is 8.66. The topological polar surface area (TPSA) is 42.4 Å². The zero-order valence-electron chi connectivity index (χ0n) is 17.0. The number of ether oxygens (including phenoxy) is 1. The van der Waals surface area contributed by atoms with Crippen LogP contribution in [0.25, 0.3) is 0 Å². The molecule has 0 N–H and O–H groups in total. The number of aryl methyl sites for hydroxylation is 1. The van der Waals surface area contributed by atoms with Crippen molar-refractivity contribution in [1.29, 1.82) is 0 Å². The van der Waals surface area contributed by atoms with Gasteiger partial charge in [0.2, 0.25) is 5.91 Å². The van der Waals surface area contributed by atoms with E-state index >= 15 is 0 Å². The van der Waals surface area contributed by atoms with Gasteiger partial charge in [0.1, 0.15) is 5.75 Å². The van der Waals surface area contributed by atoms with E-state index in [9.17, 15) is 4.79 Å². The normalized spacial score (nSPS) is 21.1. The Morgan fingerprint density at radius 2 is 1.84 bits per heavy atom. The molecule has 1 saturated carbocycles. The van der Waals surface area contributed by atoms with Crippen LogP contribution < -0.4 is 4.74 Å². The van der Waals surface area contributed by atoms with E-state index in [1.54, 1.807) is 7.11 Å². The maximum Gasteiger partial charge on any atom is 0.225 e. The Morgan fingerprint density at radius 3 is 2.36 bits per heavy atom. The first kappa shape index (κ1) is 19.7. The zero-order valence-corrected chi connectivity index (χ0v) is 17.0. The molecular formula is C21H34N2O2. The summed E-state index contributed by atoms with van der Waals surface area (Å²) in [6.45, 7) is 11.5. The maximum atomic E-state index is 12.9. The molecule has 25 heavy (non-hydrogen) atoms. The molecule has 140 valence electrons. The molecule has 0 unspecified atom stereocenters. The smallest absolute Gasteiger partial charge is 0.225 e. The predicted octanol–water partition coefficient (Wildman–Crippen LogP) is 4.52. The second kappa shape index (κ2) is 7.76. The number of aromatic nitrogens is 1. The summed E-state index contributed by atoms with van der Waals surface area (Å²) in [5.74, 6) is 2.02. The molecule has 1 aliphatic carbocycles. The van der Waals surface area contributed by atoms with E-state index in [2.05, 4.69) is 25.8 Å². The molecule has 4 heteroatoms. The quantitative estimate of drug-likeness (QED) is 0.805. The SMILES string of the molecule is COc1c(C)cnc(CN(C)C(=O)C2CCC(C(C)(C)C)CC2)c1C. The van der Waals surface area contributed by atoms with Crippen molar-refractivity contribution in [3.63, 3.8) is 0 Å². The van der Waals surface area contributed by atoms with Crippen LogP contribution in [0.2, 0.25) is 0 Å².